The fraction of sp³-hybridized carbons (Fsp3) is 0.481. The van der Waals surface area contributed by atoms with E-state index in [9.17, 15) is 14.4 Å². The number of rotatable bonds is 4. The molecule has 0 radical (unpaired) electrons. The molecule has 36 heavy (non-hydrogen) atoms. The molecule has 9 heteroatoms. The van der Waals surface area contributed by atoms with E-state index in [2.05, 4.69) is 30.1 Å². The van der Waals surface area contributed by atoms with Crippen molar-refractivity contribution in [3.8, 4) is 0 Å². The van der Waals surface area contributed by atoms with Gasteiger partial charge in [-0.15, -0.1) is 0 Å². The first kappa shape index (κ1) is 24.1. The molecule has 0 bridgehead atoms. The van der Waals surface area contributed by atoms with Crippen LogP contribution in [0.15, 0.2) is 24.3 Å². The number of aromatic nitrogens is 1. The molecular weight excluding hydrogens is 456 g/mol. The highest BCUT2D eigenvalue weighted by molar-refractivity contribution is 6.07. The zero-order valence-electron chi connectivity index (χ0n) is 21.5. The van der Waals surface area contributed by atoms with Crippen molar-refractivity contribution in [2.45, 2.75) is 46.6 Å². The van der Waals surface area contributed by atoms with E-state index in [1.54, 1.807) is 15.9 Å². The Morgan fingerprint density at radius 3 is 2.39 bits per heavy atom. The molecule has 1 unspecified atom stereocenters. The Balaban J connectivity index is 1.39. The average molecular weight is 491 g/mol. The number of piperazine rings is 1. The highest BCUT2D eigenvalue weighted by Gasteiger charge is 2.33. The second-order valence-corrected chi connectivity index (χ2v) is 10.0. The molecule has 4 heterocycles. The van der Waals surface area contributed by atoms with E-state index in [1.807, 2.05) is 30.9 Å². The van der Waals surface area contributed by atoms with Gasteiger partial charge in [-0.1, -0.05) is 6.07 Å². The molecule has 1 aromatic heterocycles. The summed E-state index contributed by atoms with van der Waals surface area (Å²) in [7, 11) is 0. The molecule has 0 saturated carbocycles. The van der Waals surface area contributed by atoms with Gasteiger partial charge in [0.2, 0.25) is 5.91 Å². The zero-order valence-corrected chi connectivity index (χ0v) is 21.5. The molecule has 5 rings (SSSR count). The van der Waals surface area contributed by atoms with E-state index < -0.39 is 0 Å². The van der Waals surface area contributed by atoms with Gasteiger partial charge in [0.15, 0.2) is 0 Å². The summed E-state index contributed by atoms with van der Waals surface area (Å²) >= 11 is 0. The molecule has 1 atom stereocenters. The number of amides is 4. The summed E-state index contributed by atoms with van der Waals surface area (Å²) < 4.78 is 0. The molecule has 0 spiro atoms. The number of carbonyl (C=O) groups is 3. The number of nitrogens with one attached hydrogen (secondary N) is 1. The van der Waals surface area contributed by atoms with Crippen molar-refractivity contribution in [1.29, 1.82) is 0 Å². The molecule has 3 fully saturated rings. The smallest absolute Gasteiger partial charge is 0.322 e. The van der Waals surface area contributed by atoms with Crippen LogP contribution in [0.4, 0.5) is 22.0 Å². The second-order valence-electron chi connectivity index (χ2n) is 10.0. The maximum Gasteiger partial charge on any atom is 0.322 e. The number of carbonyl (C=O) groups excluding carboxylic acids is 3. The quantitative estimate of drug-likeness (QED) is 0.712. The van der Waals surface area contributed by atoms with Crippen molar-refractivity contribution in [3.05, 3.63) is 46.6 Å². The van der Waals surface area contributed by atoms with Crippen LogP contribution in [0.1, 0.15) is 46.9 Å². The molecule has 190 valence electrons. The van der Waals surface area contributed by atoms with Crippen molar-refractivity contribution >= 4 is 35.0 Å². The Morgan fingerprint density at radius 1 is 1.00 bits per heavy atom. The summed E-state index contributed by atoms with van der Waals surface area (Å²) in [6.45, 7) is 11.7. The predicted octanol–water partition coefficient (Wildman–Crippen LogP) is 3.01. The maximum absolute atomic E-state index is 13.7. The molecule has 1 aromatic carbocycles. The van der Waals surface area contributed by atoms with Gasteiger partial charge < -0.3 is 20.0 Å². The lowest BCUT2D eigenvalue weighted by atomic mass is 10.1. The number of hydrogen-bond donors (Lipinski definition) is 1. The minimum absolute atomic E-state index is 0.0739. The van der Waals surface area contributed by atoms with Crippen molar-refractivity contribution < 1.29 is 14.4 Å². The van der Waals surface area contributed by atoms with Gasteiger partial charge in [0, 0.05) is 63.1 Å². The third-order valence-corrected chi connectivity index (χ3v) is 7.62. The molecule has 0 aliphatic carbocycles. The lowest BCUT2D eigenvalue weighted by Crippen LogP contribution is -2.49. The normalized spacial score (nSPS) is 20.4. The van der Waals surface area contributed by atoms with Crippen molar-refractivity contribution in [2.24, 2.45) is 0 Å². The molecule has 3 aliphatic heterocycles. The van der Waals surface area contributed by atoms with Crippen molar-refractivity contribution in [2.75, 3.05) is 54.0 Å². The monoisotopic (exact) mass is 490 g/mol. The van der Waals surface area contributed by atoms with Gasteiger partial charge in [0.05, 0.1) is 11.3 Å². The van der Waals surface area contributed by atoms with Crippen LogP contribution in [0, 0.1) is 20.8 Å². The second kappa shape index (κ2) is 9.44. The summed E-state index contributed by atoms with van der Waals surface area (Å²) in [4.78, 5) is 51.1. The minimum Gasteiger partial charge on any atom is -0.353 e. The van der Waals surface area contributed by atoms with Crippen LogP contribution in [-0.4, -0.2) is 73.0 Å². The van der Waals surface area contributed by atoms with Gasteiger partial charge in [-0.05, 0) is 63.4 Å². The summed E-state index contributed by atoms with van der Waals surface area (Å²) in [5.74, 6) is 0.958. The number of hydrogen-bond acceptors (Lipinski definition) is 5. The van der Waals surface area contributed by atoms with E-state index in [0.29, 0.717) is 56.9 Å². The first-order valence-electron chi connectivity index (χ1n) is 12.7. The third-order valence-electron chi connectivity index (χ3n) is 7.62. The molecule has 2 aromatic rings. The first-order chi connectivity index (χ1) is 17.2. The van der Waals surface area contributed by atoms with Crippen molar-refractivity contribution in [3.63, 3.8) is 0 Å². The SMILES string of the molecule is Cc1cc(C)c(N2CCN(C(=O)c3ccc(N4C(=O)CCC4C)cc3N3CCNC3=O)CC2)nc1C. The number of urea groups is 1. The zero-order chi connectivity index (χ0) is 25.6. The van der Waals surface area contributed by atoms with Crippen LogP contribution in [0.2, 0.25) is 0 Å². The van der Waals surface area contributed by atoms with Crippen LogP contribution in [0.5, 0.6) is 0 Å². The van der Waals surface area contributed by atoms with E-state index in [4.69, 9.17) is 4.98 Å². The number of aryl methyl sites for hydroxylation is 3. The number of pyridine rings is 1. The van der Waals surface area contributed by atoms with Gasteiger partial charge in [-0.25, -0.2) is 9.78 Å². The topological polar surface area (TPSA) is 89.1 Å². The molecule has 1 N–H and O–H groups in total. The highest BCUT2D eigenvalue weighted by atomic mass is 16.2. The third kappa shape index (κ3) is 4.27. The van der Waals surface area contributed by atoms with Crippen molar-refractivity contribution in [1.82, 2.24) is 15.2 Å². The minimum atomic E-state index is -0.219. The maximum atomic E-state index is 13.7. The van der Waals surface area contributed by atoms with Gasteiger partial charge in [0.1, 0.15) is 5.82 Å². The van der Waals surface area contributed by atoms with Gasteiger partial charge >= 0.3 is 6.03 Å². The van der Waals surface area contributed by atoms with E-state index in [-0.39, 0.29) is 23.9 Å². The van der Waals surface area contributed by atoms with Gasteiger partial charge in [0.25, 0.3) is 5.91 Å². The summed E-state index contributed by atoms with van der Waals surface area (Å²) in [6.07, 6.45) is 1.32. The Bertz CT molecular complexity index is 1220. The lowest BCUT2D eigenvalue weighted by Gasteiger charge is -2.37. The Hall–Kier alpha value is -3.62. The van der Waals surface area contributed by atoms with Crippen LogP contribution in [-0.2, 0) is 4.79 Å². The van der Waals surface area contributed by atoms with Gasteiger partial charge in [-0.3, -0.25) is 14.5 Å². The van der Waals surface area contributed by atoms with E-state index in [1.165, 1.54) is 5.56 Å². The standard InChI is InChI=1S/C27H34N6O3/c1-17-15-18(2)25(29-20(17)4)30-11-13-31(14-12-30)26(35)22-7-6-21(33-19(3)5-8-24(33)34)16-23(22)32-10-9-28-27(32)36/h6-7,15-16,19H,5,8-14H2,1-4H3,(H,28,36). The molecule has 3 aliphatic rings. The van der Waals surface area contributed by atoms with E-state index in [0.717, 1.165) is 29.2 Å². The Kier molecular flexibility index (Phi) is 6.32. The van der Waals surface area contributed by atoms with Crippen LogP contribution in [0.25, 0.3) is 0 Å². The molecular formula is C27H34N6O3. The highest BCUT2D eigenvalue weighted by Crippen LogP contribution is 2.33. The molecule has 9 nitrogen and oxygen atoms in total. The van der Waals surface area contributed by atoms with E-state index >= 15 is 0 Å². The fourth-order valence-corrected chi connectivity index (χ4v) is 5.44. The number of nitrogens with zero attached hydrogens (tertiary/aromatic N) is 5. The summed E-state index contributed by atoms with van der Waals surface area (Å²) in [5.41, 5.74) is 5.13. The largest absolute Gasteiger partial charge is 0.353 e. The van der Waals surface area contributed by atoms with Crippen LogP contribution < -0.4 is 20.0 Å². The average Bonchev–Trinajstić information content (AvgIpc) is 3.45. The lowest BCUT2D eigenvalue weighted by molar-refractivity contribution is -0.117. The summed E-state index contributed by atoms with van der Waals surface area (Å²) in [6, 6.07) is 7.48. The van der Waals surface area contributed by atoms with Crippen LogP contribution >= 0.6 is 0 Å². The molecule has 3 saturated heterocycles. The number of benzene rings is 1. The Labute approximate surface area is 212 Å². The molecule has 4 amide bonds. The van der Waals surface area contributed by atoms with Gasteiger partial charge in [-0.2, -0.15) is 0 Å². The summed E-state index contributed by atoms with van der Waals surface area (Å²) in [5, 5.41) is 2.83. The fourth-order valence-electron chi connectivity index (χ4n) is 5.44. The number of anilines is 3. The Morgan fingerprint density at radius 2 is 1.75 bits per heavy atom. The first-order valence-corrected chi connectivity index (χ1v) is 12.7. The predicted molar refractivity (Wildman–Crippen MR) is 140 cm³/mol. The van der Waals surface area contributed by atoms with Crippen LogP contribution in [0.3, 0.4) is 0 Å².